The Morgan fingerprint density at radius 2 is 2.12 bits per heavy atom. The molecule has 2 aliphatic rings. The third-order valence-electron chi connectivity index (χ3n) is 5.69. The zero-order valence-corrected chi connectivity index (χ0v) is 18.3. The Morgan fingerprint density at radius 3 is 2.97 bits per heavy atom. The number of nitrogens with one attached hydrogen (secondary N) is 1. The second-order valence-corrected chi connectivity index (χ2v) is 8.41. The maximum Gasteiger partial charge on any atom is 0.307 e. The lowest BCUT2D eigenvalue weighted by atomic mass is 9.84. The van der Waals surface area contributed by atoms with Gasteiger partial charge in [0.05, 0.1) is 30.8 Å². The summed E-state index contributed by atoms with van der Waals surface area (Å²) in [5.74, 6) is 0.768. The lowest BCUT2D eigenvalue weighted by molar-refractivity contribution is -0.590. The predicted molar refractivity (Wildman–Crippen MR) is 124 cm³/mol. The van der Waals surface area contributed by atoms with Gasteiger partial charge in [0.15, 0.2) is 0 Å². The Kier molecular flexibility index (Phi) is 6.81. The number of benzene rings is 1. The molecule has 4 rings (SSSR count). The highest BCUT2D eigenvalue weighted by molar-refractivity contribution is 6.30. The van der Waals surface area contributed by atoms with Crippen LogP contribution >= 0.6 is 11.6 Å². The lowest BCUT2D eigenvalue weighted by Gasteiger charge is -2.23. The van der Waals surface area contributed by atoms with Crippen LogP contribution in [-0.2, 0) is 16.0 Å². The van der Waals surface area contributed by atoms with Crippen molar-refractivity contribution in [1.29, 1.82) is 0 Å². The van der Waals surface area contributed by atoms with E-state index in [1.54, 1.807) is 12.1 Å². The molecule has 0 saturated heterocycles. The van der Waals surface area contributed by atoms with Crippen molar-refractivity contribution >= 4 is 29.0 Å². The Morgan fingerprint density at radius 1 is 1.28 bits per heavy atom. The van der Waals surface area contributed by atoms with Gasteiger partial charge in [-0.25, -0.2) is 4.73 Å². The van der Waals surface area contributed by atoms with Crippen LogP contribution in [0.5, 0.6) is 0 Å². The van der Waals surface area contributed by atoms with Crippen molar-refractivity contribution in [2.75, 3.05) is 18.5 Å². The van der Waals surface area contributed by atoms with Crippen LogP contribution in [-0.4, -0.2) is 24.2 Å². The topological polar surface area (TPSA) is 85.5 Å². The molecule has 6 nitrogen and oxygen atoms in total. The number of halogens is 1. The number of aliphatic carboxylic acids is 1. The van der Waals surface area contributed by atoms with Gasteiger partial charge in [-0.15, -0.1) is 0 Å². The van der Waals surface area contributed by atoms with Gasteiger partial charge in [0.1, 0.15) is 5.76 Å². The van der Waals surface area contributed by atoms with E-state index in [2.05, 4.69) is 29.6 Å². The SMILES string of the molecule is O=C(O)CC1=CC2C=CC(OCCCNc3cc(Cl)cc[n+]3[O-])=CC2Cc2ccccc21. The normalized spacial score (nSPS) is 19.2. The van der Waals surface area contributed by atoms with Gasteiger partial charge in [-0.05, 0) is 47.3 Å². The first kappa shape index (κ1) is 22.0. The third-order valence-corrected chi connectivity index (χ3v) is 5.92. The number of nitrogens with zero attached hydrogens (tertiary/aromatic N) is 1. The van der Waals surface area contributed by atoms with E-state index in [0.717, 1.165) is 40.0 Å². The van der Waals surface area contributed by atoms with E-state index in [1.807, 2.05) is 24.3 Å². The number of carbonyl (C=O) groups is 1. The largest absolute Gasteiger partial charge is 0.711 e. The highest BCUT2D eigenvalue weighted by atomic mass is 35.5. The monoisotopic (exact) mass is 452 g/mol. The van der Waals surface area contributed by atoms with Crippen LogP contribution in [0.25, 0.3) is 5.57 Å². The maximum atomic E-state index is 11.7. The number of allylic oxidation sites excluding steroid dienone is 4. The molecule has 2 atom stereocenters. The first-order chi connectivity index (χ1) is 15.5. The quantitative estimate of drug-likeness (QED) is 0.347. The molecule has 1 heterocycles. The van der Waals surface area contributed by atoms with E-state index in [-0.39, 0.29) is 18.3 Å². The summed E-state index contributed by atoms with van der Waals surface area (Å²) in [6.45, 7) is 1.09. The van der Waals surface area contributed by atoms with Gasteiger partial charge in [0.25, 0.3) is 5.82 Å². The van der Waals surface area contributed by atoms with Crippen LogP contribution in [0.2, 0.25) is 5.02 Å². The average molecular weight is 453 g/mol. The van der Waals surface area contributed by atoms with E-state index >= 15 is 0 Å². The van der Waals surface area contributed by atoms with Gasteiger partial charge in [-0.3, -0.25) is 10.1 Å². The summed E-state index contributed by atoms with van der Waals surface area (Å²) < 4.78 is 6.70. The minimum Gasteiger partial charge on any atom is -0.711 e. The van der Waals surface area contributed by atoms with Crippen molar-refractivity contribution in [3.8, 4) is 0 Å². The smallest absolute Gasteiger partial charge is 0.307 e. The van der Waals surface area contributed by atoms with E-state index in [0.29, 0.717) is 24.0 Å². The van der Waals surface area contributed by atoms with E-state index in [9.17, 15) is 15.1 Å². The van der Waals surface area contributed by atoms with Crippen molar-refractivity contribution in [2.24, 2.45) is 11.8 Å². The van der Waals surface area contributed by atoms with Gasteiger partial charge in [0, 0.05) is 18.4 Å². The molecular weight excluding hydrogens is 428 g/mol. The number of aromatic nitrogens is 1. The molecule has 0 bridgehead atoms. The highest BCUT2D eigenvalue weighted by Gasteiger charge is 2.26. The number of carboxylic acids is 1. The van der Waals surface area contributed by atoms with Gasteiger partial charge >= 0.3 is 5.97 Å². The first-order valence-corrected chi connectivity index (χ1v) is 11.0. The Bertz CT molecular complexity index is 1090. The molecule has 0 fully saturated rings. The van der Waals surface area contributed by atoms with Crippen LogP contribution in [0.15, 0.2) is 72.7 Å². The molecule has 1 aromatic carbocycles. The molecule has 0 spiro atoms. The predicted octanol–water partition coefficient (Wildman–Crippen LogP) is 4.59. The summed E-state index contributed by atoms with van der Waals surface area (Å²) in [7, 11) is 0. The first-order valence-electron chi connectivity index (χ1n) is 10.7. The summed E-state index contributed by atoms with van der Waals surface area (Å²) in [6.07, 6.45) is 11.2. The standard InChI is InChI=1S/C25H25ClN2O4/c26-21-8-10-28(31)24(16-21)27-9-3-11-32-22-7-6-17-12-20(15-25(29)30)23-5-2-1-4-18(23)13-19(17)14-22/h1-2,4-8,10,12,14,16-17,19,27H,3,9,11,13,15H2,(H,29,30). The average Bonchev–Trinajstić information content (AvgIpc) is 2.91. The zero-order valence-electron chi connectivity index (χ0n) is 17.5. The molecular formula is C25H25ClN2O4. The third kappa shape index (κ3) is 5.32. The Balaban J connectivity index is 1.36. The highest BCUT2D eigenvalue weighted by Crippen LogP contribution is 2.37. The molecule has 32 heavy (non-hydrogen) atoms. The molecule has 2 aliphatic carbocycles. The van der Waals surface area contributed by atoms with E-state index in [1.165, 1.54) is 6.20 Å². The summed E-state index contributed by atoms with van der Waals surface area (Å²) in [5, 5.41) is 24.6. The summed E-state index contributed by atoms with van der Waals surface area (Å²) in [5.41, 5.74) is 3.05. The van der Waals surface area contributed by atoms with Gasteiger partial charge in [0.2, 0.25) is 0 Å². The van der Waals surface area contributed by atoms with Crippen LogP contribution in [0.1, 0.15) is 24.0 Å². The molecule has 7 heteroatoms. The number of ether oxygens (including phenoxy) is 1. The van der Waals surface area contributed by atoms with Crippen LogP contribution in [0.4, 0.5) is 5.82 Å². The number of hydrogen-bond donors (Lipinski definition) is 2. The molecule has 1 aromatic heterocycles. The Labute approximate surface area is 192 Å². The Hall–Kier alpha value is -3.25. The van der Waals surface area contributed by atoms with Crippen molar-refractivity contribution in [1.82, 2.24) is 0 Å². The molecule has 0 aliphatic heterocycles. The molecule has 166 valence electrons. The number of anilines is 1. The van der Waals surface area contributed by atoms with Gasteiger partial charge in [-0.2, -0.15) is 0 Å². The second kappa shape index (κ2) is 9.92. The maximum absolute atomic E-state index is 11.7. The molecule has 2 N–H and O–H groups in total. The van der Waals surface area contributed by atoms with Crippen molar-refractivity contribution in [3.05, 3.63) is 94.0 Å². The fourth-order valence-electron chi connectivity index (χ4n) is 4.17. The summed E-state index contributed by atoms with van der Waals surface area (Å²) >= 11 is 5.93. The van der Waals surface area contributed by atoms with Crippen molar-refractivity contribution in [2.45, 2.75) is 19.3 Å². The number of pyridine rings is 1. The van der Waals surface area contributed by atoms with E-state index in [4.69, 9.17) is 16.3 Å². The van der Waals surface area contributed by atoms with Gasteiger partial charge in [-0.1, -0.05) is 48.0 Å². The number of hydrogen-bond acceptors (Lipinski definition) is 4. The van der Waals surface area contributed by atoms with Crippen LogP contribution in [0.3, 0.4) is 0 Å². The van der Waals surface area contributed by atoms with Crippen molar-refractivity contribution in [3.63, 3.8) is 0 Å². The fourth-order valence-corrected chi connectivity index (χ4v) is 4.33. The van der Waals surface area contributed by atoms with Crippen LogP contribution in [0, 0.1) is 17.0 Å². The molecule has 0 radical (unpaired) electrons. The number of rotatable bonds is 8. The molecule has 2 unspecified atom stereocenters. The molecule has 2 aromatic rings. The number of fused-ring (bicyclic) bond motifs is 2. The number of carboxylic acid groups (broad SMARTS) is 1. The molecule has 0 amide bonds. The van der Waals surface area contributed by atoms with E-state index < -0.39 is 5.97 Å². The minimum atomic E-state index is -0.822. The van der Waals surface area contributed by atoms with Crippen LogP contribution < -0.4 is 10.0 Å². The summed E-state index contributed by atoms with van der Waals surface area (Å²) in [6, 6.07) is 11.2. The minimum absolute atomic E-state index is 0.0180. The summed E-state index contributed by atoms with van der Waals surface area (Å²) in [4.78, 5) is 11.4. The fraction of sp³-hybridized carbons (Fsp3) is 0.280. The van der Waals surface area contributed by atoms with Gasteiger partial charge < -0.3 is 15.1 Å². The zero-order chi connectivity index (χ0) is 22.5. The second-order valence-electron chi connectivity index (χ2n) is 7.98. The molecule has 0 saturated carbocycles. The lowest BCUT2D eigenvalue weighted by Crippen LogP contribution is -2.30. The van der Waals surface area contributed by atoms with Crippen molar-refractivity contribution < 1.29 is 19.4 Å².